The monoisotopic (exact) mass is 459 g/mol. The van der Waals surface area contributed by atoms with Crippen molar-refractivity contribution in [2.24, 2.45) is 0 Å². The minimum absolute atomic E-state index is 0. The quantitative estimate of drug-likeness (QED) is 0.309. The van der Waals surface area contributed by atoms with Gasteiger partial charge in [-0.25, -0.2) is 14.0 Å². The fourth-order valence-electron chi connectivity index (χ4n) is 2.67. The smallest absolute Gasteiger partial charge is 0.413 e. The van der Waals surface area contributed by atoms with Crippen molar-refractivity contribution < 1.29 is 46.2 Å². The van der Waals surface area contributed by atoms with Gasteiger partial charge in [0, 0.05) is 11.1 Å². The lowest BCUT2D eigenvalue weighted by Crippen LogP contribution is -3.00. The van der Waals surface area contributed by atoms with Crippen LogP contribution in [-0.2, 0) is 20.0 Å². The van der Waals surface area contributed by atoms with Crippen LogP contribution >= 0.6 is 0 Å². The van der Waals surface area contributed by atoms with Crippen LogP contribution < -0.4 is 27.5 Å². The minimum atomic E-state index is -2.59. The molecule has 150 valence electrons. The van der Waals surface area contributed by atoms with Crippen LogP contribution in [0.2, 0.25) is 0 Å². The number of halogens is 2. The fraction of sp³-hybridized carbons (Fsp3) is 0.0909. The number of rotatable bonds is 6. The van der Waals surface area contributed by atoms with Crippen molar-refractivity contribution >= 4 is 11.9 Å². The van der Waals surface area contributed by atoms with E-state index in [1.165, 1.54) is 24.3 Å². The Kier molecular flexibility index (Phi) is 7.64. The first-order valence-electron chi connectivity index (χ1n) is 8.62. The number of carbonyl (C=O) groups is 2. The Labute approximate surface area is 178 Å². The summed E-state index contributed by atoms with van der Waals surface area (Å²) >= 11 is 0. The summed E-state index contributed by atoms with van der Waals surface area (Å²) < 4.78 is 26.2. The molecular weight excluding hydrogens is 441 g/mol. The third kappa shape index (κ3) is 5.07. The number of ether oxygens (including phenoxy) is 2. The van der Waals surface area contributed by atoms with Crippen molar-refractivity contribution in [3.8, 4) is 5.75 Å². The Balaban J connectivity index is 0.00000300. The van der Waals surface area contributed by atoms with E-state index in [0.29, 0.717) is 0 Å². The molecule has 0 aliphatic carbocycles. The zero-order valence-corrected chi connectivity index (χ0v) is 16.9. The molecule has 0 bridgehead atoms. The number of para-hydroxylation sites is 1. The maximum Gasteiger partial charge on any atom is 0.413 e. The van der Waals surface area contributed by atoms with Gasteiger partial charge in [-0.05, 0) is 12.1 Å². The zero-order valence-electron chi connectivity index (χ0n) is 15.3. The SMILES string of the molecule is [Br-].[NH3+][C@H](OC(=O)C(F)(c1ccccc1)c1ccccc1)C(=O)Oc1ccccc1. The van der Waals surface area contributed by atoms with Gasteiger partial charge >= 0.3 is 18.2 Å². The predicted molar refractivity (Wildman–Crippen MR) is 99.6 cm³/mol. The highest BCUT2D eigenvalue weighted by molar-refractivity contribution is 5.88. The Hall–Kier alpha value is -3.03. The molecule has 3 aromatic rings. The van der Waals surface area contributed by atoms with Crippen LogP contribution in [0.5, 0.6) is 5.75 Å². The van der Waals surface area contributed by atoms with Crippen molar-refractivity contribution in [2.75, 3.05) is 0 Å². The van der Waals surface area contributed by atoms with Crippen molar-refractivity contribution in [1.82, 2.24) is 0 Å². The van der Waals surface area contributed by atoms with Gasteiger partial charge in [0.25, 0.3) is 5.67 Å². The minimum Gasteiger partial charge on any atom is -1.00 e. The van der Waals surface area contributed by atoms with Gasteiger partial charge in [-0.15, -0.1) is 0 Å². The second-order valence-corrected chi connectivity index (χ2v) is 6.02. The first kappa shape index (κ1) is 22.3. The van der Waals surface area contributed by atoms with E-state index >= 15 is 4.39 Å². The summed E-state index contributed by atoms with van der Waals surface area (Å²) in [5, 5.41) is 0. The first-order chi connectivity index (χ1) is 13.5. The normalized spacial score (nSPS) is 11.7. The number of alkyl halides is 1. The second kappa shape index (κ2) is 9.95. The Morgan fingerprint density at radius 1 is 0.793 bits per heavy atom. The first-order valence-corrected chi connectivity index (χ1v) is 8.62. The van der Waals surface area contributed by atoms with E-state index in [1.807, 2.05) is 0 Å². The number of esters is 2. The van der Waals surface area contributed by atoms with E-state index in [-0.39, 0.29) is 33.9 Å². The summed E-state index contributed by atoms with van der Waals surface area (Å²) in [5.74, 6) is -1.87. The van der Waals surface area contributed by atoms with Gasteiger partial charge in [0.1, 0.15) is 5.75 Å². The van der Waals surface area contributed by atoms with Gasteiger partial charge in [-0.2, -0.15) is 0 Å². The topological polar surface area (TPSA) is 80.2 Å². The highest BCUT2D eigenvalue weighted by Gasteiger charge is 2.46. The molecule has 3 rings (SSSR count). The van der Waals surface area contributed by atoms with E-state index in [1.54, 1.807) is 66.7 Å². The molecule has 0 heterocycles. The zero-order chi connectivity index (χ0) is 20.0. The van der Waals surface area contributed by atoms with Crippen LogP contribution in [0.15, 0.2) is 91.0 Å². The summed E-state index contributed by atoms with van der Waals surface area (Å²) in [5.41, 5.74) is 1.08. The molecule has 0 aliphatic rings. The fourth-order valence-corrected chi connectivity index (χ4v) is 2.67. The maximum absolute atomic E-state index is 16.0. The van der Waals surface area contributed by atoms with Gasteiger partial charge < -0.3 is 32.2 Å². The summed E-state index contributed by atoms with van der Waals surface area (Å²) in [7, 11) is 0. The van der Waals surface area contributed by atoms with Gasteiger partial charge in [0.15, 0.2) is 0 Å². The van der Waals surface area contributed by atoms with Gasteiger partial charge in [0.05, 0.1) is 0 Å². The summed E-state index contributed by atoms with van der Waals surface area (Å²) in [4.78, 5) is 25.0. The summed E-state index contributed by atoms with van der Waals surface area (Å²) in [6, 6.07) is 24.1. The molecule has 5 nitrogen and oxygen atoms in total. The molecule has 0 saturated heterocycles. The van der Waals surface area contributed by atoms with Crippen LogP contribution in [0, 0.1) is 0 Å². The summed E-state index contributed by atoms with van der Waals surface area (Å²) in [6.45, 7) is 0. The van der Waals surface area contributed by atoms with Crippen LogP contribution in [0.1, 0.15) is 11.1 Å². The molecule has 0 saturated carbocycles. The van der Waals surface area contributed by atoms with Crippen LogP contribution in [0.3, 0.4) is 0 Å². The van der Waals surface area contributed by atoms with Gasteiger partial charge in [0.2, 0.25) is 0 Å². The molecular formula is C22H19BrFNO4. The number of carbonyl (C=O) groups excluding carboxylic acids is 2. The molecule has 3 aromatic carbocycles. The molecule has 7 heteroatoms. The average Bonchev–Trinajstić information content (AvgIpc) is 2.75. The van der Waals surface area contributed by atoms with Crippen molar-refractivity contribution in [3.63, 3.8) is 0 Å². The van der Waals surface area contributed by atoms with E-state index in [9.17, 15) is 9.59 Å². The molecule has 0 aromatic heterocycles. The third-order valence-electron chi connectivity index (χ3n) is 4.10. The molecule has 0 unspecified atom stereocenters. The average molecular weight is 460 g/mol. The molecule has 0 fully saturated rings. The largest absolute Gasteiger partial charge is 1.00 e. The Morgan fingerprint density at radius 3 is 1.66 bits per heavy atom. The molecule has 0 radical (unpaired) electrons. The highest BCUT2D eigenvalue weighted by atomic mass is 79.9. The lowest BCUT2D eigenvalue weighted by molar-refractivity contribution is -0.465. The predicted octanol–water partition coefficient (Wildman–Crippen LogP) is -0.379. The highest BCUT2D eigenvalue weighted by Crippen LogP contribution is 2.35. The van der Waals surface area contributed by atoms with E-state index in [2.05, 4.69) is 5.73 Å². The maximum atomic E-state index is 16.0. The number of quaternary nitrogens is 1. The standard InChI is InChI=1S/C22H18FNO4.BrH/c23-22(16-10-4-1-5-11-16,17-12-6-2-7-13-17)21(26)28-19(24)20(25)27-18-14-8-3-9-15-18;/h1-15,19H,24H2;1H/t19-;/m1./s1. The van der Waals surface area contributed by atoms with E-state index in [4.69, 9.17) is 9.47 Å². The molecule has 29 heavy (non-hydrogen) atoms. The number of benzene rings is 3. The van der Waals surface area contributed by atoms with Crippen LogP contribution in [-0.4, -0.2) is 18.2 Å². The molecule has 3 N–H and O–H groups in total. The van der Waals surface area contributed by atoms with E-state index in [0.717, 1.165) is 0 Å². The number of hydrogen-bond donors (Lipinski definition) is 1. The molecule has 0 amide bonds. The Bertz CT molecular complexity index is 899. The van der Waals surface area contributed by atoms with Crippen LogP contribution in [0.25, 0.3) is 0 Å². The third-order valence-corrected chi connectivity index (χ3v) is 4.10. The molecule has 0 spiro atoms. The Morgan fingerprint density at radius 2 is 1.21 bits per heavy atom. The van der Waals surface area contributed by atoms with Crippen molar-refractivity contribution in [3.05, 3.63) is 102 Å². The lowest BCUT2D eigenvalue weighted by Gasteiger charge is -2.24. The summed E-state index contributed by atoms with van der Waals surface area (Å²) in [6.07, 6.45) is -1.53. The molecule has 0 aliphatic heterocycles. The number of hydrogen-bond acceptors (Lipinski definition) is 4. The second-order valence-electron chi connectivity index (χ2n) is 6.02. The van der Waals surface area contributed by atoms with Crippen molar-refractivity contribution in [1.29, 1.82) is 0 Å². The van der Waals surface area contributed by atoms with E-state index < -0.39 is 23.8 Å². The van der Waals surface area contributed by atoms with Crippen LogP contribution in [0.4, 0.5) is 4.39 Å². The lowest BCUT2D eigenvalue weighted by atomic mass is 9.88. The van der Waals surface area contributed by atoms with Crippen molar-refractivity contribution in [2.45, 2.75) is 11.9 Å². The van der Waals surface area contributed by atoms with Gasteiger partial charge in [-0.1, -0.05) is 78.9 Å². The molecule has 1 atom stereocenters. The van der Waals surface area contributed by atoms with Gasteiger partial charge in [-0.3, -0.25) is 0 Å².